The van der Waals surface area contributed by atoms with Crippen molar-refractivity contribution in [3.05, 3.63) is 66.0 Å². The van der Waals surface area contributed by atoms with Crippen molar-refractivity contribution >= 4 is 38.9 Å². The number of aromatic nitrogens is 2. The maximum absolute atomic E-state index is 4.79. The molecule has 0 amide bonds. The molecule has 6 nitrogen and oxygen atoms in total. The minimum Gasteiger partial charge on any atom is -0.381 e. The van der Waals surface area contributed by atoms with Gasteiger partial charge in [-0.25, -0.2) is 0 Å². The van der Waals surface area contributed by atoms with Gasteiger partial charge in [0, 0.05) is 47.7 Å². The summed E-state index contributed by atoms with van der Waals surface area (Å²) in [6, 6.07) is 14.7. The van der Waals surface area contributed by atoms with Gasteiger partial charge < -0.3 is 16.0 Å². The molecule has 6 rings (SSSR count). The van der Waals surface area contributed by atoms with Crippen LogP contribution >= 0.6 is 0 Å². The molecule has 138 valence electrons. The second-order valence-corrected chi connectivity index (χ2v) is 7.28. The molecule has 28 heavy (non-hydrogen) atoms. The number of para-hydroxylation sites is 2. The fourth-order valence-corrected chi connectivity index (χ4v) is 4.27. The van der Waals surface area contributed by atoms with Crippen LogP contribution in [0.25, 0.3) is 21.8 Å². The van der Waals surface area contributed by atoms with E-state index < -0.39 is 0 Å². The molecule has 0 radical (unpaired) electrons. The molecule has 0 saturated carbocycles. The molecular weight excluding hydrogens is 348 g/mol. The summed E-state index contributed by atoms with van der Waals surface area (Å²) in [6.45, 7) is 2.61. The first kappa shape index (κ1) is 15.7. The monoisotopic (exact) mass is 368 g/mol. The molecule has 1 unspecified atom stereocenters. The summed E-state index contributed by atoms with van der Waals surface area (Å²) in [7, 11) is 0. The lowest BCUT2D eigenvalue weighted by molar-refractivity contribution is 0.568. The summed E-state index contributed by atoms with van der Waals surface area (Å²) >= 11 is 0. The molecule has 6 heteroatoms. The number of hydrogen-bond acceptors (Lipinski definition) is 6. The molecule has 0 saturated heterocycles. The summed E-state index contributed by atoms with van der Waals surface area (Å²) in [5.74, 6) is 0. The summed E-state index contributed by atoms with van der Waals surface area (Å²) in [5.41, 5.74) is 7.74. The third-order valence-electron chi connectivity index (χ3n) is 5.62. The Morgan fingerprint density at radius 1 is 0.821 bits per heavy atom. The van der Waals surface area contributed by atoms with E-state index in [2.05, 4.69) is 62.6 Å². The highest BCUT2D eigenvalue weighted by atomic mass is 15.2. The third-order valence-corrected chi connectivity index (χ3v) is 5.62. The highest BCUT2D eigenvalue weighted by molar-refractivity contribution is 6.00. The van der Waals surface area contributed by atoms with E-state index in [0.29, 0.717) is 0 Å². The van der Waals surface area contributed by atoms with Gasteiger partial charge in [0.15, 0.2) is 0 Å². The number of benzene rings is 2. The number of hydrogen-bond donors (Lipinski definition) is 4. The van der Waals surface area contributed by atoms with E-state index in [-0.39, 0.29) is 6.17 Å². The SMILES string of the molecule is c1ccc2c3c(cnc2c1)CNC(c1cccc2c4c(cnc12)NCCN4)N3. The number of nitrogens with one attached hydrogen (secondary N) is 4. The van der Waals surface area contributed by atoms with Crippen LogP contribution < -0.4 is 21.3 Å². The van der Waals surface area contributed by atoms with Crippen molar-refractivity contribution in [2.75, 3.05) is 29.0 Å². The lowest BCUT2D eigenvalue weighted by atomic mass is 10.0. The summed E-state index contributed by atoms with van der Waals surface area (Å²) in [5, 5.41) is 16.6. The van der Waals surface area contributed by atoms with Crippen molar-refractivity contribution in [3.8, 4) is 0 Å². The predicted octanol–water partition coefficient (Wildman–Crippen LogP) is 3.83. The van der Waals surface area contributed by atoms with Gasteiger partial charge in [0.05, 0.1) is 34.3 Å². The first-order chi connectivity index (χ1) is 13.9. The first-order valence-corrected chi connectivity index (χ1v) is 9.64. The number of anilines is 3. The van der Waals surface area contributed by atoms with Gasteiger partial charge in [0.2, 0.25) is 0 Å². The lowest BCUT2D eigenvalue weighted by Crippen LogP contribution is -2.33. The van der Waals surface area contributed by atoms with Crippen molar-refractivity contribution in [2.45, 2.75) is 12.7 Å². The van der Waals surface area contributed by atoms with Gasteiger partial charge >= 0.3 is 0 Å². The van der Waals surface area contributed by atoms with E-state index in [1.807, 2.05) is 18.5 Å². The summed E-state index contributed by atoms with van der Waals surface area (Å²) < 4.78 is 0. The average Bonchev–Trinajstić information content (AvgIpc) is 2.78. The molecule has 0 spiro atoms. The quantitative estimate of drug-likeness (QED) is 0.409. The number of pyridine rings is 2. The Morgan fingerprint density at radius 2 is 1.71 bits per heavy atom. The Bertz CT molecular complexity index is 1220. The standard InChI is InChI=1S/C22H20N6/c1-2-7-17-14(4-1)19-13(10-25-17)11-27-22(28-19)16-6-3-5-15-20(16)26-12-18-21(15)24-9-8-23-18/h1-7,10,12,22-24,27-28H,8-9,11H2. The fourth-order valence-electron chi connectivity index (χ4n) is 4.27. The van der Waals surface area contributed by atoms with Crippen molar-refractivity contribution < 1.29 is 0 Å². The topological polar surface area (TPSA) is 73.9 Å². The normalized spacial score (nSPS) is 17.9. The molecule has 1 atom stereocenters. The van der Waals surface area contributed by atoms with E-state index in [9.17, 15) is 0 Å². The van der Waals surface area contributed by atoms with Crippen molar-refractivity contribution in [2.24, 2.45) is 0 Å². The second kappa shape index (κ2) is 6.07. The van der Waals surface area contributed by atoms with Gasteiger partial charge in [0.25, 0.3) is 0 Å². The van der Waals surface area contributed by atoms with Crippen LogP contribution in [-0.4, -0.2) is 23.1 Å². The molecular formula is C22H20N6. The van der Waals surface area contributed by atoms with Crippen LogP contribution in [-0.2, 0) is 6.54 Å². The lowest BCUT2D eigenvalue weighted by Gasteiger charge is -2.30. The smallest absolute Gasteiger partial charge is 0.106 e. The van der Waals surface area contributed by atoms with Gasteiger partial charge in [-0.3, -0.25) is 15.3 Å². The van der Waals surface area contributed by atoms with Crippen LogP contribution in [0.4, 0.5) is 17.1 Å². The minimum atomic E-state index is -0.0101. The first-order valence-electron chi connectivity index (χ1n) is 9.64. The number of rotatable bonds is 1. The third kappa shape index (κ3) is 2.31. The molecule has 2 aromatic carbocycles. The van der Waals surface area contributed by atoms with Gasteiger partial charge in [-0.15, -0.1) is 0 Å². The Morgan fingerprint density at radius 3 is 2.71 bits per heavy atom. The van der Waals surface area contributed by atoms with Gasteiger partial charge in [-0.05, 0) is 6.07 Å². The molecule has 0 fully saturated rings. The maximum Gasteiger partial charge on any atom is 0.106 e. The van der Waals surface area contributed by atoms with Crippen LogP contribution in [0, 0.1) is 0 Å². The molecule has 2 aliphatic rings. The highest BCUT2D eigenvalue weighted by Crippen LogP contribution is 2.37. The van der Waals surface area contributed by atoms with Crippen LogP contribution in [0.15, 0.2) is 54.9 Å². The zero-order valence-corrected chi connectivity index (χ0v) is 15.3. The summed E-state index contributed by atoms with van der Waals surface area (Å²) in [6.07, 6.45) is 3.88. The second-order valence-electron chi connectivity index (χ2n) is 7.28. The van der Waals surface area contributed by atoms with Crippen LogP contribution in [0.5, 0.6) is 0 Å². The molecule has 0 aliphatic carbocycles. The number of fused-ring (bicyclic) bond motifs is 6. The zero-order chi connectivity index (χ0) is 18.5. The van der Waals surface area contributed by atoms with Gasteiger partial charge in [0.1, 0.15) is 6.17 Å². The molecule has 0 bridgehead atoms. The molecule has 2 aliphatic heterocycles. The van der Waals surface area contributed by atoms with E-state index >= 15 is 0 Å². The number of nitrogens with zero attached hydrogens (tertiary/aromatic N) is 2. The summed E-state index contributed by atoms with van der Waals surface area (Å²) in [4.78, 5) is 9.38. The van der Waals surface area contributed by atoms with Crippen molar-refractivity contribution in [3.63, 3.8) is 0 Å². The zero-order valence-electron chi connectivity index (χ0n) is 15.3. The van der Waals surface area contributed by atoms with E-state index in [0.717, 1.165) is 64.1 Å². The Labute approximate surface area is 162 Å². The Kier molecular flexibility index (Phi) is 3.39. The van der Waals surface area contributed by atoms with Crippen molar-refractivity contribution in [1.29, 1.82) is 0 Å². The van der Waals surface area contributed by atoms with E-state index in [4.69, 9.17) is 4.98 Å². The van der Waals surface area contributed by atoms with Crippen LogP contribution in [0.1, 0.15) is 17.3 Å². The largest absolute Gasteiger partial charge is 0.381 e. The highest BCUT2D eigenvalue weighted by Gasteiger charge is 2.24. The minimum absolute atomic E-state index is 0.0101. The molecule has 4 aromatic rings. The Hall–Kier alpha value is -3.38. The average molecular weight is 368 g/mol. The van der Waals surface area contributed by atoms with Crippen LogP contribution in [0.3, 0.4) is 0 Å². The molecule has 2 aromatic heterocycles. The van der Waals surface area contributed by atoms with Crippen molar-refractivity contribution in [1.82, 2.24) is 15.3 Å². The maximum atomic E-state index is 4.79. The van der Waals surface area contributed by atoms with Gasteiger partial charge in [-0.2, -0.15) is 0 Å². The fraction of sp³-hybridized carbons (Fsp3) is 0.182. The Balaban J connectivity index is 1.48. The van der Waals surface area contributed by atoms with Gasteiger partial charge in [-0.1, -0.05) is 36.4 Å². The van der Waals surface area contributed by atoms with E-state index in [1.165, 1.54) is 5.56 Å². The molecule has 4 heterocycles. The predicted molar refractivity (Wildman–Crippen MR) is 114 cm³/mol. The molecule has 4 N–H and O–H groups in total. The van der Waals surface area contributed by atoms with E-state index in [1.54, 1.807) is 0 Å². The van der Waals surface area contributed by atoms with Crippen LogP contribution in [0.2, 0.25) is 0 Å².